The van der Waals surface area contributed by atoms with Crippen LogP contribution in [0.15, 0.2) is 0 Å². The van der Waals surface area contributed by atoms with E-state index in [0.29, 0.717) is 12.1 Å². The first kappa shape index (κ1) is 15.5. The molecule has 2 saturated carbocycles. The van der Waals surface area contributed by atoms with Crippen LogP contribution in [-0.2, 0) is 9.59 Å². The molecular formula is C17H29NO2. The van der Waals surface area contributed by atoms with E-state index in [2.05, 4.69) is 4.90 Å². The number of amides is 1. The fourth-order valence-corrected chi connectivity index (χ4v) is 3.77. The summed E-state index contributed by atoms with van der Waals surface area (Å²) in [6, 6.07) is 0.780. The van der Waals surface area contributed by atoms with Gasteiger partial charge in [0, 0.05) is 12.1 Å². The Labute approximate surface area is 123 Å². The van der Waals surface area contributed by atoms with Crippen LogP contribution in [0.2, 0.25) is 0 Å². The Hall–Kier alpha value is -0.860. The lowest BCUT2D eigenvalue weighted by molar-refractivity contribution is -0.145. The molecular weight excluding hydrogens is 250 g/mol. The van der Waals surface area contributed by atoms with Crippen LogP contribution in [0.4, 0.5) is 0 Å². The van der Waals surface area contributed by atoms with E-state index in [9.17, 15) is 9.59 Å². The van der Waals surface area contributed by atoms with Gasteiger partial charge in [0.1, 0.15) is 5.78 Å². The second-order valence-corrected chi connectivity index (χ2v) is 6.66. The normalized spacial score (nSPS) is 23.3. The van der Waals surface area contributed by atoms with Gasteiger partial charge < -0.3 is 4.90 Å². The molecule has 0 saturated heterocycles. The number of hydrogen-bond acceptors (Lipinski definition) is 2. The van der Waals surface area contributed by atoms with Gasteiger partial charge in [-0.25, -0.2) is 0 Å². The third-order valence-corrected chi connectivity index (χ3v) is 5.17. The van der Waals surface area contributed by atoms with Crippen molar-refractivity contribution in [3.63, 3.8) is 0 Å². The van der Waals surface area contributed by atoms with E-state index in [4.69, 9.17) is 0 Å². The molecule has 2 rings (SSSR count). The second-order valence-electron chi connectivity index (χ2n) is 6.66. The average molecular weight is 279 g/mol. The molecule has 0 bridgehead atoms. The molecule has 2 fully saturated rings. The molecule has 0 aromatic rings. The molecule has 0 radical (unpaired) electrons. The van der Waals surface area contributed by atoms with Gasteiger partial charge in [-0.2, -0.15) is 0 Å². The molecule has 0 spiro atoms. The fourth-order valence-electron chi connectivity index (χ4n) is 3.77. The third-order valence-electron chi connectivity index (χ3n) is 5.17. The molecule has 1 amide bonds. The summed E-state index contributed by atoms with van der Waals surface area (Å²) in [4.78, 5) is 26.5. The standard InChI is InChI=1S/C17H29NO2/c1-13(14(2)19)17(20)18(15-9-5-3-6-10-15)16-11-7-4-8-12-16/h13,15-16H,3-12H2,1-2H3. The van der Waals surface area contributed by atoms with Crippen LogP contribution in [-0.4, -0.2) is 28.7 Å². The van der Waals surface area contributed by atoms with Gasteiger partial charge in [-0.05, 0) is 39.5 Å². The quantitative estimate of drug-likeness (QED) is 0.736. The minimum Gasteiger partial charge on any atom is -0.336 e. The average Bonchev–Trinajstić information content (AvgIpc) is 2.48. The Morgan fingerprint density at radius 3 is 1.60 bits per heavy atom. The summed E-state index contributed by atoms with van der Waals surface area (Å²) in [6.45, 7) is 3.33. The topological polar surface area (TPSA) is 37.4 Å². The zero-order valence-electron chi connectivity index (χ0n) is 13.1. The van der Waals surface area contributed by atoms with Gasteiger partial charge in [0.05, 0.1) is 5.92 Å². The van der Waals surface area contributed by atoms with Crippen LogP contribution in [0, 0.1) is 5.92 Å². The predicted octanol–water partition coefficient (Wildman–Crippen LogP) is 3.71. The van der Waals surface area contributed by atoms with E-state index in [0.717, 1.165) is 25.7 Å². The largest absolute Gasteiger partial charge is 0.336 e. The number of nitrogens with zero attached hydrogens (tertiary/aromatic N) is 1. The van der Waals surface area contributed by atoms with E-state index in [1.54, 1.807) is 13.8 Å². The molecule has 2 aliphatic rings. The fraction of sp³-hybridized carbons (Fsp3) is 0.882. The van der Waals surface area contributed by atoms with Crippen molar-refractivity contribution in [2.75, 3.05) is 0 Å². The van der Waals surface area contributed by atoms with Gasteiger partial charge in [-0.15, -0.1) is 0 Å². The van der Waals surface area contributed by atoms with Gasteiger partial charge in [-0.1, -0.05) is 38.5 Å². The van der Waals surface area contributed by atoms with Crippen LogP contribution >= 0.6 is 0 Å². The van der Waals surface area contributed by atoms with Crippen LogP contribution in [0.5, 0.6) is 0 Å². The Morgan fingerprint density at radius 1 is 0.850 bits per heavy atom. The molecule has 3 nitrogen and oxygen atoms in total. The highest BCUT2D eigenvalue weighted by Crippen LogP contribution is 2.31. The van der Waals surface area contributed by atoms with E-state index in [1.165, 1.54) is 38.5 Å². The van der Waals surface area contributed by atoms with Crippen molar-refractivity contribution in [2.24, 2.45) is 5.92 Å². The SMILES string of the molecule is CC(=O)C(C)C(=O)N(C1CCCCC1)C1CCCCC1. The number of carbonyl (C=O) groups is 2. The smallest absolute Gasteiger partial charge is 0.233 e. The highest BCUT2D eigenvalue weighted by molar-refractivity contribution is 6.00. The number of Topliss-reactive ketones (excluding diaryl/α,β-unsaturated/α-hetero) is 1. The van der Waals surface area contributed by atoms with Crippen molar-refractivity contribution in [3.05, 3.63) is 0 Å². The molecule has 0 aliphatic heterocycles. The summed E-state index contributed by atoms with van der Waals surface area (Å²) in [5, 5.41) is 0. The van der Waals surface area contributed by atoms with Crippen LogP contribution in [0.25, 0.3) is 0 Å². The van der Waals surface area contributed by atoms with E-state index in [-0.39, 0.29) is 11.7 Å². The van der Waals surface area contributed by atoms with Crippen LogP contribution < -0.4 is 0 Å². The van der Waals surface area contributed by atoms with Crippen LogP contribution in [0.1, 0.15) is 78.1 Å². The second kappa shape index (κ2) is 7.24. The summed E-state index contributed by atoms with van der Waals surface area (Å²) in [5.74, 6) is -0.359. The van der Waals surface area contributed by atoms with Gasteiger partial charge in [0.2, 0.25) is 5.91 Å². The van der Waals surface area contributed by atoms with Gasteiger partial charge in [0.15, 0.2) is 0 Å². The lowest BCUT2D eigenvalue weighted by atomic mass is 9.87. The summed E-state index contributed by atoms with van der Waals surface area (Å²) in [5.41, 5.74) is 0. The molecule has 0 aromatic heterocycles. The zero-order chi connectivity index (χ0) is 14.5. The molecule has 3 heteroatoms. The maximum Gasteiger partial charge on any atom is 0.233 e. The molecule has 0 N–H and O–H groups in total. The molecule has 114 valence electrons. The molecule has 2 aliphatic carbocycles. The van der Waals surface area contributed by atoms with Crippen LogP contribution in [0.3, 0.4) is 0 Å². The Balaban J connectivity index is 2.13. The van der Waals surface area contributed by atoms with Gasteiger partial charge >= 0.3 is 0 Å². The van der Waals surface area contributed by atoms with E-state index >= 15 is 0 Å². The van der Waals surface area contributed by atoms with Crippen molar-refractivity contribution in [1.29, 1.82) is 0 Å². The minimum absolute atomic E-state index is 0.00613. The highest BCUT2D eigenvalue weighted by Gasteiger charge is 2.35. The summed E-state index contributed by atoms with van der Waals surface area (Å²) in [6.07, 6.45) is 12.0. The van der Waals surface area contributed by atoms with Gasteiger partial charge in [-0.3, -0.25) is 9.59 Å². The van der Waals surface area contributed by atoms with E-state index in [1.807, 2.05) is 0 Å². The monoisotopic (exact) mass is 279 g/mol. The number of hydrogen-bond donors (Lipinski definition) is 0. The molecule has 0 aromatic carbocycles. The predicted molar refractivity (Wildman–Crippen MR) is 80.4 cm³/mol. The number of ketones is 1. The maximum absolute atomic E-state index is 12.8. The van der Waals surface area contributed by atoms with E-state index < -0.39 is 5.92 Å². The van der Waals surface area contributed by atoms with Crippen molar-refractivity contribution in [3.8, 4) is 0 Å². The third kappa shape index (κ3) is 3.62. The Morgan fingerprint density at radius 2 is 1.25 bits per heavy atom. The Kier molecular flexibility index (Phi) is 5.62. The first-order valence-electron chi connectivity index (χ1n) is 8.44. The van der Waals surface area contributed by atoms with Crippen molar-refractivity contribution in [1.82, 2.24) is 4.90 Å². The van der Waals surface area contributed by atoms with Crippen molar-refractivity contribution in [2.45, 2.75) is 90.1 Å². The minimum atomic E-state index is -0.459. The lowest BCUT2D eigenvalue weighted by Gasteiger charge is -2.42. The summed E-state index contributed by atoms with van der Waals surface area (Å²) >= 11 is 0. The number of rotatable bonds is 4. The van der Waals surface area contributed by atoms with Crippen molar-refractivity contribution >= 4 is 11.7 Å². The Bertz CT molecular complexity index is 323. The molecule has 0 heterocycles. The zero-order valence-corrected chi connectivity index (χ0v) is 13.1. The number of carbonyl (C=O) groups excluding carboxylic acids is 2. The summed E-state index contributed by atoms with van der Waals surface area (Å²) in [7, 11) is 0. The summed E-state index contributed by atoms with van der Waals surface area (Å²) < 4.78 is 0. The lowest BCUT2D eigenvalue weighted by Crippen LogP contribution is -2.51. The highest BCUT2D eigenvalue weighted by atomic mass is 16.2. The molecule has 20 heavy (non-hydrogen) atoms. The first-order valence-corrected chi connectivity index (χ1v) is 8.44. The van der Waals surface area contributed by atoms with Gasteiger partial charge in [0.25, 0.3) is 0 Å². The molecule has 1 atom stereocenters. The van der Waals surface area contributed by atoms with Crippen molar-refractivity contribution < 1.29 is 9.59 Å². The molecule has 1 unspecified atom stereocenters. The maximum atomic E-state index is 12.8. The first-order chi connectivity index (χ1) is 9.61.